The molecule has 4 nitrogen and oxygen atoms in total. The monoisotopic (exact) mass is 285 g/mol. The minimum atomic E-state index is -0.124. The Kier molecular flexibility index (Phi) is 6.00. The highest BCUT2D eigenvalue weighted by Gasteiger charge is 2.05. The molecular formula is C17H23N3O. The Morgan fingerprint density at radius 2 is 2.29 bits per heavy atom. The number of hydrogen-bond acceptors (Lipinski definition) is 3. The van der Waals surface area contributed by atoms with Gasteiger partial charge in [0.15, 0.2) is 0 Å². The largest absolute Gasteiger partial charge is 0.370 e. The summed E-state index contributed by atoms with van der Waals surface area (Å²) in [6.45, 7) is 4.92. The highest BCUT2D eigenvalue weighted by molar-refractivity contribution is 5.94. The molecule has 1 aliphatic rings. The molecule has 0 fully saturated rings. The molecule has 0 aromatic carbocycles. The van der Waals surface area contributed by atoms with Gasteiger partial charge < -0.3 is 10.6 Å². The second-order valence-corrected chi connectivity index (χ2v) is 5.22. The average molecular weight is 285 g/mol. The van der Waals surface area contributed by atoms with Crippen LogP contribution in [0.3, 0.4) is 0 Å². The van der Waals surface area contributed by atoms with Crippen molar-refractivity contribution >= 4 is 11.7 Å². The Morgan fingerprint density at radius 1 is 1.38 bits per heavy atom. The predicted octanol–water partition coefficient (Wildman–Crippen LogP) is 3.30. The number of anilines is 1. The Balaban J connectivity index is 1.78. The first-order valence-electron chi connectivity index (χ1n) is 7.56. The van der Waals surface area contributed by atoms with Gasteiger partial charge in [-0.2, -0.15) is 0 Å². The smallest absolute Gasteiger partial charge is 0.253 e. The van der Waals surface area contributed by atoms with Crippen molar-refractivity contribution in [3.8, 4) is 0 Å². The number of amides is 1. The van der Waals surface area contributed by atoms with Gasteiger partial charge in [0.25, 0.3) is 5.91 Å². The summed E-state index contributed by atoms with van der Waals surface area (Å²) in [6.07, 6.45) is 11.8. The summed E-state index contributed by atoms with van der Waals surface area (Å²) in [5.74, 6) is 0.688. The van der Waals surface area contributed by atoms with E-state index in [0.717, 1.165) is 18.8 Å². The maximum Gasteiger partial charge on any atom is 0.253 e. The standard InChI is InChI=1S/C17H23N3O/c1-2-11-19-17(21)15-8-9-16(20-13-15)18-12-10-14-6-4-3-5-7-14/h2,6,8-9,13H,1,3-5,7,10-12H2,(H,18,20)(H,19,21). The van der Waals surface area contributed by atoms with Crippen molar-refractivity contribution in [2.45, 2.75) is 32.1 Å². The third-order valence-electron chi connectivity index (χ3n) is 3.57. The highest BCUT2D eigenvalue weighted by Crippen LogP contribution is 2.19. The lowest BCUT2D eigenvalue weighted by Crippen LogP contribution is -2.23. The normalized spacial score (nSPS) is 14.2. The van der Waals surface area contributed by atoms with Crippen molar-refractivity contribution in [1.82, 2.24) is 10.3 Å². The van der Waals surface area contributed by atoms with E-state index in [-0.39, 0.29) is 5.91 Å². The van der Waals surface area contributed by atoms with Gasteiger partial charge in [-0.3, -0.25) is 4.79 Å². The molecule has 1 aromatic heterocycles. The maximum atomic E-state index is 11.7. The van der Waals surface area contributed by atoms with Crippen LogP contribution in [0, 0.1) is 0 Å². The van der Waals surface area contributed by atoms with Crippen molar-refractivity contribution in [2.75, 3.05) is 18.4 Å². The molecule has 0 radical (unpaired) electrons. The number of nitrogens with one attached hydrogen (secondary N) is 2. The first-order valence-corrected chi connectivity index (χ1v) is 7.56. The molecule has 1 aromatic rings. The summed E-state index contributed by atoms with van der Waals surface area (Å²) in [5, 5.41) is 6.03. The molecule has 112 valence electrons. The summed E-state index contributed by atoms with van der Waals surface area (Å²) in [4.78, 5) is 16.0. The van der Waals surface area contributed by atoms with Gasteiger partial charge in [-0.15, -0.1) is 6.58 Å². The molecule has 2 rings (SSSR count). The fraction of sp³-hybridized carbons (Fsp3) is 0.412. The highest BCUT2D eigenvalue weighted by atomic mass is 16.1. The zero-order valence-corrected chi connectivity index (χ0v) is 12.4. The van der Waals surface area contributed by atoms with Crippen molar-refractivity contribution in [3.05, 3.63) is 48.2 Å². The van der Waals surface area contributed by atoms with Crippen LogP contribution in [-0.2, 0) is 0 Å². The molecule has 1 aliphatic carbocycles. The summed E-state index contributed by atoms with van der Waals surface area (Å²) in [7, 11) is 0. The Morgan fingerprint density at radius 3 is 2.95 bits per heavy atom. The second kappa shape index (κ2) is 8.25. The van der Waals surface area contributed by atoms with Crippen molar-refractivity contribution in [2.24, 2.45) is 0 Å². The van der Waals surface area contributed by atoms with Crippen LogP contribution in [-0.4, -0.2) is 24.0 Å². The number of nitrogens with zero attached hydrogens (tertiary/aromatic N) is 1. The van der Waals surface area contributed by atoms with Crippen LogP contribution >= 0.6 is 0 Å². The molecule has 4 heteroatoms. The molecule has 0 spiro atoms. The maximum absolute atomic E-state index is 11.7. The number of rotatable bonds is 7. The molecule has 0 unspecified atom stereocenters. The quantitative estimate of drug-likeness (QED) is 0.756. The van der Waals surface area contributed by atoms with Gasteiger partial charge in [-0.25, -0.2) is 4.98 Å². The Hall–Kier alpha value is -2.10. The molecular weight excluding hydrogens is 262 g/mol. The fourth-order valence-electron chi connectivity index (χ4n) is 2.38. The van der Waals surface area contributed by atoms with Crippen molar-refractivity contribution in [3.63, 3.8) is 0 Å². The average Bonchev–Trinajstić information content (AvgIpc) is 2.54. The number of hydrogen-bond donors (Lipinski definition) is 2. The van der Waals surface area contributed by atoms with Gasteiger partial charge in [-0.05, 0) is 44.2 Å². The van der Waals surface area contributed by atoms with E-state index >= 15 is 0 Å². The third kappa shape index (κ3) is 5.06. The summed E-state index contributed by atoms with van der Waals surface area (Å²) in [5.41, 5.74) is 2.12. The second-order valence-electron chi connectivity index (χ2n) is 5.22. The fourth-order valence-corrected chi connectivity index (χ4v) is 2.38. The van der Waals surface area contributed by atoms with Gasteiger partial charge in [0, 0.05) is 19.3 Å². The lowest BCUT2D eigenvalue weighted by Gasteiger charge is -2.13. The zero-order chi connectivity index (χ0) is 14.9. The molecule has 2 N–H and O–H groups in total. The summed E-state index contributed by atoms with van der Waals surface area (Å²) < 4.78 is 0. The van der Waals surface area contributed by atoms with Crippen molar-refractivity contribution < 1.29 is 4.79 Å². The molecule has 1 heterocycles. The van der Waals surface area contributed by atoms with E-state index in [4.69, 9.17) is 0 Å². The lowest BCUT2D eigenvalue weighted by molar-refractivity contribution is 0.0957. The topological polar surface area (TPSA) is 54.0 Å². The molecule has 0 aliphatic heterocycles. The van der Waals surface area contributed by atoms with E-state index in [1.807, 2.05) is 6.07 Å². The van der Waals surface area contributed by atoms with Crippen LogP contribution in [0.5, 0.6) is 0 Å². The van der Waals surface area contributed by atoms with Crippen LogP contribution in [0.15, 0.2) is 42.6 Å². The predicted molar refractivity (Wildman–Crippen MR) is 86.4 cm³/mol. The minimum Gasteiger partial charge on any atom is -0.370 e. The SMILES string of the molecule is C=CCNC(=O)c1ccc(NCCC2=CCCCC2)nc1. The van der Waals surface area contributed by atoms with Gasteiger partial charge in [-0.1, -0.05) is 17.7 Å². The molecule has 0 saturated heterocycles. The molecule has 0 atom stereocenters. The van der Waals surface area contributed by atoms with Crippen LogP contribution < -0.4 is 10.6 Å². The number of aromatic nitrogens is 1. The van der Waals surface area contributed by atoms with E-state index in [1.54, 1.807) is 23.9 Å². The molecule has 1 amide bonds. The van der Waals surface area contributed by atoms with E-state index < -0.39 is 0 Å². The van der Waals surface area contributed by atoms with Crippen LogP contribution in [0.2, 0.25) is 0 Å². The van der Waals surface area contributed by atoms with Crippen LogP contribution in [0.25, 0.3) is 0 Å². The Labute approximate surface area is 126 Å². The molecule has 0 bridgehead atoms. The van der Waals surface area contributed by atoms with E-state index in [0.29, 0.717) is 12.1 Å². The summed E-state index contributed by atoms with van der Waals surface area (Å²) >= 11 is 0. The van der Waals surface area contributed by atoms with E-state index in [2.05, 4.69) is 28.3 Å². The molecule has 21 heavy (non-hydrogen) atoms. The van der Waals surface area contributed by atoms with Gasteiger partial charge in [0.1, 0.15) is 5.82 Å². The zero-order valence-electron chi connectivity index (χ0n) is 12.4. The van der Waals surface area contributed by atoms with Crippen LogP contribution in [0.4, 0.5) is 5.82 Å². The summed E-state index contributed by atoms with van der Waals surface area (Å²) in [6, 6.07) is 3.63. The Bertz CT molecular complexity index is 505. The van der Waals surface area contributed by atoms with Crippen molar-refractivity contribution in [1.29, 1.82) is 0 Å². The number of carbonyl (C=O) groups is 1. The number of carbonyl (C=O) groups excluding carboxylic acids is 1. The van der Waals surface area contributed by atoms with E-state index in [1.165, 1.54) is 25.7 Å². The van der Waals surface area contributed by atoms with E-state index in [9.17, 15) is 4.79 Å². The van der Waals surface area contributed by atoms with Gasteiger partial charge in [0.05, 0.1) is 5.56 Å². The van der Waals surface area contributed by atoms with Gasteiger partial charge >= 0.3 is 0 Å². The number of pyridine rings is 1. The van der Waals surface area contributed by atoms with Gasteiger partial charge in [0.2, 0.25) is 0 Å². The van der Waals surface area contributed by atoms with Crippen LogP contribution in [0.1, 0.15) is 42.5 Å². The lowest BCUT2D eigenvalue weighted by atomic mass is 9.97. The molecule has 0 saturated carbocycles. The third-order valence-corrected chi connectivity index (χ3v) is 3.57. The first kappa shape index (κ1) is 15.3. The number of allylic oxidation sites excluding steroid dienone is 1. The first-order chi connectivity index (χ1) is 10.3. The minimum absolute atomic E-state index is 0.124.